The molecule has 7 heteroatoms. The largest absolute Gasteiger partial charge is 0.476 e. The van der Waals surface area contributed by atoms with Crippen LogP contribution in [-0.4, -0.2) is 35.3 Å². The van der Waals surface area contributed by atoms with Crippen molar-refractivity contribution in [2.45, 2.75) is 39.5 Å². The van der Waals surface area contributed by atoms with Gasteiger partial charge in [-0.1, -0.05) is 54.6 Å². The van der Waals surface area contributed by atoms with E-state index in [2.05, 4.69) is 5.32 Å². The van der Waals surface area contributed by atoms with Gasteiger partial charge in [0.05, 0.1) is 18.3 Å². The number of anilines is 2. The smallest absolute Gasteiger partial charge is 0.266 e. The quantitative estimate of drug-likeness (QED) is 0.572. The number of carbonyl (C=O) groups excluding carboxylic acids is 3. The molecular weight excluding hydrogens is 442 g/mol. The molecule has 3 aromatic carbocycles. The van der Waals surface area contributed by atoms with E-state index in [0.717, 1.165) is 11.1 Å². The lowest BCUT2D eigenvalue weighted by molar-refractivity contribution is -0.141. The Balaban J connectivity index is 1.67. The van der Waals surface area contributed by atoms with Crippen molar-refractivity contribution < 1.29 is 19.1 Å². The van der Waals surface area contributed by atoms with E-state index in [0.29, 0.717) is 23.7 Å². The molecule has 7 nitrogen and oxygen atoms in total. The van der Waals surface area contributed by atoms with Gasteiger partial charge in [0, 0.05) is 26.1 Å². The lowest BCUT2D eigenvalue weighted by Gasteiger charge is -2.38. The topological polar surface area (TPSA) is 79.0 Å². The van der Waals surface area contributed by atoms with Crippen molar-refractivity contribution in [3.8, 4) is 5.75 Å². The Bertz CT molecular complexity index is 1230. The molecule has 0 radical (unpaired) electrons. The molecule has 1 heterocycles. The first kappa shape index (κ1) is 24.0. The summed E-state index contributed by atoms with van der Waals surface area (Å²) in [6, 6.07) is 24.1. The van der Waals surface area contributed by atoms with Gasteiger partial charge in [0.2, 0.25) is 11.8 Å². The minimum atomic E-state index is -0.849. The Morgan fingerprint density at radius 2 is 1.71 bits per heavy atom. The van der Waals surface area contributed by atoms with Crippen molar-refractivity contribution in [2.75, 3.05) is 16.8 Å². The molecule has 0 saturated carbocycles. The van der Waals surface area contributed by atoms with Gasteiger partial charge in [0.15, 0.2) is 6.10 Å². The molecule has 1 aliphatic rings. The maximum atomic E-state index is 14.0. The number of amides is 3. The van der Waals surface area contributed by atoms with E-state index in [1.54, 1.807) is 15.9 Å². The third kappa shape index (κ3) is 5.51. The predicted octanol–water partition coefficient (Wildman–Crippen LogP) is 4.55. The van der Waals surface area contributed by atoms with Gasteiger partial charge in [0.25, 0.3) is 5.91 Å². The van der Waals surface area contributed by atoms with Gasteiger partial charge in [-0.25, -0.2) is 0 Å². The molecule has 3 aromatic rings. The lowest BCUT2D eigenvalue weighted by atomic mass is 10.0. The summed E-state index contributed by atoms with van der Waals surface area (Å²) < 4.78 is 6.11. The predicted molar refractivity (Wildman–Crippen MR) is 135 cm³/mol. The average molecular weight is 472 g/mol. The van der Waals surface area contributed by atoms with Gasteiger partial charge >= 0.3 is 0 Å². The fourth-order valence-electron chi connectivity index (χ4n) is 4.29. The van der Waals surface area contributed by atoms with Crippen LogP contribution in [0, 0.1) is 0 Å². The number of para-hydroxylation sites is 2. The van der Waals surface area contributed by atoms with Crippen LogP contribution in [0.15, 0.2) is 78.9 Å². The van der Waals surface area contributed by atoms with Crippen LogP contribution in [0.2, 0.25) is 0 Å². The maximum Gasteiger partial charge on any atom is 0.266 e. The number of nitrogens with zero attached hydrogens (tertiary/aromatic N) is 2. The van der Waals surface area contributed by atoms with Gasteiger partial charge in [-0.3, -0.25) is 14.4 Å². The van der Waals surface area contributed by atoms with Crippen molar-refractivity contribution in [3.05, 3.63) is 90.0 Å². The molecule has 0 aliphatic carbocycles. The van der Waals surface area contributed by atoms with E-state index in [-0.39, 0.29) is 30.3 Å². The minimum absolute atomic E-state index is 0.134. The third-order valence-corrected chi connectivity index (χ3v) is 6.06. The second-order valence-electron chi connectivity index (χ2n) is 8.64. The number of rotatable bonds is 6. The van der Waals surface area contributed by atoms with Crippen molar-refractivity contribution in [1.29, 1.82) is 0 Å². The standard InChI is InChI=1S/C28H29N3O4/c1-19(23-12-9-13-24(16-23)29-20(2)32)30(17-22-10-5-4-6-11-22)28(34)27-18-31(21(3)33)25-14-7-8-15-26(25)35-27/h4-16,19,27H,17-18H2,1-3H3,(H,29,32)/t19-,27-/m0/s1. The number of hydrogen-bond acceptors (Lipinski definition) is 4. The molecule has 0 saturated heterocycles. The summed E-state index contributed by atoms with van der Waals surface area (Å²) in [6.07, 6.45) is -0.849. The summed E-state index contributed by atoms with van der Waals surface area (Å²) in [5.74, 6) is -0.0193. The van der Waals surface area contributed by atoms with Gasteiger partial charge in [-0.15, -0.1) is 0 Å². The highest BCUT2D eigenvalue weighted by molar-refractivity contribution is 5.96. The molecule has 4 rings (SSSR count). The van der Waals surface area contributed by atoms with Crippen molar-refractivity contribution >= 4 is 29.1 Å². The van der Waals surface area contributed by atoms with Crippen LogP contribution in [0.25, 0.3) is 0 Å². The first-order valence-corrected chi connectivity index (χ1v) is 11.6. The lowest BCUT2D eigenvalue weighted by Crippen LogP contribution is -2.51. The Morgan fingerprint density at radius 3 is 2.43 bits per heavy atom. The van der Waals surface area contributed by atoms with Crippen LogP contribution in [0.1, 0.15) is 37.9 Å². The molecule has 180 valence electrons. The maximum absolute atomic E-state index is 14.0. The van der Waals surface area contributed by atoms with Crippen LogP contribution in [0.4, 0.5) is 11.4 Å². The van der Waals surface area contributed by atoms with E-state index in [1.807, 2.05) is 79.7 Å². The number of benzene rings is 3. The summed E-state index contributed by atoms with van der Waals surface area (Å²) in [5, 5.41) is 2.80. The number of carbonyl (C=O) groups is 3. The Kier molecular flexibility index (Phi) is 7.15. The van der Waals surface area contributed by atoms with Crippen LogP contribution in [0.5, 0.6) is 5.75 Å². The van der Waals surface area contributed by atoms with E-state index < -0.39 is 6.10 Å². The van der Waals surface area contributed by atoms with Crippen LogP contribution in [0.3, 0.4) is 0 Å². The molecule has 0 bridgehead atoms. The monoisotopic (exact) mass is 471 g/mol. The van der Waals surface area contributed by atoms with E-state index in [1.165, 1.54) is 13.8 Å². The highest BCUT2D eigenvalue weighted by Gasteiger charge is 2.36. The highest BCUT2D eigenvalue weighted by Crippen LogP contribution is 2.35. The number of nitrogens with one attached hydrogen (secondary N) is 1. The van der Waals surface area contributed by atoms with Crippen molar-refractivity contribution in [2.24, 2.45) is 0 Å². The zero-order valence-electron chi connectivity index (χ0n) is 20.1. The normalized spacial score (nSPS) is 15.4. The first-order valence-electron chi connectivity index (χ1n) is 11.6. The molecule has 1 aliphatic heterocycles. The van der Waals surface area contributed by atoms with Crippen molar-refractivity contribution in [1.82, 2.24) is 4.90 Å². The number of hydrogen-bond donors (Lipinski definition) is 1. The highest BCUT2D eigenvalue weighted by atomic mass is 16.5. The summed E-state index contributed by atoms with van der Waals surface area (Å²) in [7, 11) is 0. The Hall–Kier alpha value is -4.13. The summed E-state index contributed by atoms with van der Waals surface area (Å²) >= 11 is 0. The molecule has 0 aromatic heterocycles. The summed E-state index contributed by atoms with van der Waals surface area (Å²) in [6.45, 7) is 5.40. The summed E-state index contributed by atoms with van der Waals surface area (Å²) in [5.41, 5.74) is 3.18. The Morgan fingerprint density at radius 1 is 1.00 bits per heavy atom. The second kappa shape index (κ2) is 10.4. The fourth-order valence-corrected chi connectivity index (χ4v) is 4.29. The van der Waals surface area contributed by atoms with Gasteiger partial charge in [-0.05, 0) is 42.3 Å². The second-order valence-corrected chi connectivity index (χ2v) is 8.64. The van der Waals surface area contributed by atoms with E-state index in [4.69, 9.17) is 4.74 Å². The molecular formula is C28H29N3O4. The van der Waals surface area contributed by atoms with Gasteiger partial charge in [-0.2, -0.15) is 0 Å². The molecule has 2 atom stereocenters. The zero-order valence-corrected chi connectivity index (χ0v) is 20.1. The Labute approximate surface area is 205 Å². The first-order chi connectivity index (χ1) is 16.8. The molecule has 35 heavy (non-hydrogen) atoms. The third-order valence-electron chi connectivity index (χ3n) is 6.06. The number of fused-ring (bicyclic) bond motifs is 1. The van der Waals surface area contributed by atoms with Crippen LogP contribution >= 0.6 is 0 Å². The average Bonchev–Trinajstić information content (AvgIpc) is 2.86. The molecule has 3 amide bonds. The van der Waals surface area contributed by atoms with Crippen molar-refractivity contribution in [3.63, 3.8) is 0 Å². The van der Waals surface area contributed by atoms with Crippen LogP contribution < -0.4 is 15.0 Å². The fraction of sp³-hybridized carbons (Fsp3) is 0.250. The summed E-state index contributed by atoms with van der Waals surface area (Å²) in [4.78, 5) is 41.2. The molecule has 0 unspecified atom stereocenters. The van der Waals surface area contributed by atoms with E-state index >= 15 is 0 Å². The molecule has 0 fully saturated rings. The number of ether oxygens (including phenoxy) is 1. The molecule has 1 N–H and O–H groups in total. The van der Waals surface area contributed by atoms with E-state index in [9.17, 15) is 14.4 Å². The minimum Gasteiger partial charge on any atom is -0.476 e. The molecule has 0 spiro atoms. The zero-order chi connectivity index (χ0) is 24.9. The van der Waals surface area contributed by atoms with Gasteiger partial charge < -0.3 is 19.9 Å². The van der Waals surface area contributed by atoms with Crippen LogP contribution in [-0.2, 0) is 20.9 Å². The van der Waals surface area contributed by atoms with Gasteiger partial charge in [0.1, 0.15) is 5.75 Å². The SMILES string of the molecule is CC(=O)Nc1cccc([C@H](C)N(Cc2ccccc2)C(=O)[C@@H]2CN(C(C)=O)c3ccccc3O2)c1.